The van der Waals surface area contributed by atoms with Crippen LogP contribution in [-0.2, 0) is 17.0 Å². The second-order valence-electron chi connectivity index (χ2n) is 5.71. The number of carbonyl (C=O) groups is 1. The highest BCUT2D eigenvalue weighted by molar-refractivity contribution is 6.35. The molecule has 0 saturated carbocycles. The van der Waals surface area contributed by atoms with E-state index in [1.54, 1.807) is 24.3 Å². The van der Waals surface area contributed by atoms with Crippen molar-refractivity contribution in [2.75, 3.05) is 0 Å². The lowest BCUT2D eigenvalue weighted by Crippen LogP contribution is -2.44. The van der Waals surface area contributed by atoms with Crippen LogP contribution in [0.2, 0.25) is 10.0 Å². The van der Waals surface area contributed by atoms with Crippen LogP contribution in [0.15, 0.2) is 36.5 Å². The standard InChI is InChI=1S/C17H15Cl2FN2O2/c18-11-4-3-10(13(19)8-11)9-22-16(24)17(20)6-5-14(23)15-12(17)2-1-7-21-15/h1-4,7-8,14,23H,5-6,9H2,(H,22,24)/t14-,17-/m0/s1. The fourth-order valence-corrected chi connectivity index (χ4v) is 3.32. The number of pyridine rings is 1. The maximum atomic E-state index is 15.4. The summed E-state index contributed by atoms with van der Waals surface area (Å²) in [6.07, 6.45) is 0.644. The lowest BCUT2D eigenvalue weighted by atomic mass is 9.81. The number of benzene rings is 1. The van der Waals surface area contributed by atoms with Crippen LogP contribution in [0.1, 0.15) is 35.8 Å². The summed E-state index contributed by atoms with van der Waals surface area (Å²) in [5, 5.41) is 13.4. The van der Waals surface area contributed by atoms with E-state index in [1.807, 2.05) is 0 Å². The van der Waals surface area contributed by atoms with Crippen LogP contribution in [0.4, 0.5) is 4.39 Å². The second-order valence-corrected chi connectivity index (χ2v) is 6.55. The Morgan fingerprint density at radius 1 is 1.42 bits per heavy atom. The average molecular weight is 369 g/mol. The van der Waals surface area contributed by atoms with Gasteiger partial charge < -0.3 is 10.4 Å². The van der Waals surface area contributed by atoms with E-state index in [4.69, 9.17) is 23.2 Å². The monoisotopic (exact) mass is 368 g/mol. The Bertz CT molecular complexity index is 787. The van der Waals surface area contributed by atoms with Gasteiger partial charge in [0.25, 0.3) is 5.91 Å². The normalized spacial score (nSPS) is 22.8. The summed E-state index contributed by atoms with van der Waals surface area (Å²) in [6.45, 7) is 0.0820. The van der Waals surface area contributed by atoms with E-state index < -0.39 is 17.7 Å². The molecule has 24 heavy (non-hydrogen) atoms. The fraction of sp³-hybridized carbons (Fsp3) is 0.294. The zero-order valence-corrected chi connectivity index (χ0v) is 14.1. The molecule has 2 N–H and O–H groups in total. The number of aliphatic hydroxyl groups excluding tert-OH is 1. The molecule has 1 aromatic heterocycles. The molecule has 0 radical (unpaired) electrons. The van der Waals surface area contributed by atoms with Crippen LogP contribution in [0.3, 0.4) is 0 Å². The van der Waals surface area contributed by atoms with Crippen LogP contribution in [0.25, 0.3) is 0 Å². The van der Waals surface area contributed by atoms with E-state index in [0.29, 0.717) is 15.6 Å². The number of aromatic nitrogens is 1. The number of nitrogens with zero attached hydrogens (tertiary/aromatic N) is 1. The Labute approximate surface area is 148 Å². The van der Waals surface area contributed by atoms with Crippen molar-refractivity contribution in [2.45, 2.75) is 31.2 Å². The molecule has 0 bridgehead atoms. The number of aliphatic hydroxyl groups is 1. The summed E-state index contributed by atoms with van der Waals surface area (Å²) >= 11 is 11.9. The largest absolute Gasteiger partial charge is 0.387 e. The topological polar surface area (TPSA) is 62.2 Å². The predicted molar refractivity (Wildman–Crippen MR) is 89.5 cm³/mol. The molecular formula is C17H15Cl2FN2O2. The van der Waals surface area contributed by atoms with Crippen molar-refractivity contribution in [1.29, 1.82) is 0 Å². The molecule has 1 aliphatic rings. The van der Waals surface area contributed by atoms with Crippen LogP contribution in [0.5, 0.6) is 0 Å². The van der Waals surface area contributed by atoms with Gasteiger partial charge in [0.15, 0.2) is 0 Å². The molecule has 0 fully saturated rings. The summed E-state index contributed by atoms with van der Waals surface area (Å²) < 4.78 is 15.4. The van der Waals surface area contributed by atoms with Crippen LogP contribution < -0.4 is 5.32 Å². The van der Waals surface area contributed by atoms with Crippen molar-refractivity contribution < 1.29 is 14.3 Å². The molecule has 1 aromatic carbocycles. The van der Waals surface area contributed by atoms with Gasteiger partial charge in [-0.2, -0.15) is 0 Å². The van der Waals surface area contributed by atoms with Crippen molar-refractivity contribution in [1.82, 2.24) is 10.3 Å². The smallest absolute Gasteiger partial charge is 0.262 e. The minimum absolute atomic E-state index is 0.0820. The lowest BCUT2D eigenvalue weighted by molar-refractivity contribution is -0.135. The Kier molecular flexibility index (Phi) is 4.76. The van der Waals surface area contributed by atoms with Gasteiger partial charge in [-0.1, -0.05) is 35.3 Å². The molecule has 0 unspecified atom stereocenters. The minimum atomic E-state index is -2.22. The zero-order chi connectivity index (χ0) is 17.3. The third kappa shape index (κ3) is 3.11. The number of fused-ring (bicyclic) bond motifs is 1. The van der Waals surface area contributed by atoms with Gasteiger partial charge in [-0.05, 0) is 36.6 Å². The first kappa shape index (κ1) is 17.1. The molecule has 3 rings (SSSR count). The Balaban J connectivity index is 1.81. The lowest BCUT2D eigenvalue weighted by Gasteiger charge is -2.32. The highest BCUT2D eigenvalue weighted by Gasteiger charge is 2.46. The molecule has 0 saturated heterocycles. The van der Waals surface area contributed by atoms with E-state index >= 15 is 4.39 Å². The Morgan fingerprint density at radius 2 is 2.21 bits per heavy atom. The van der Waals surface area contributed by atoms with Gasteiger partial charge in [-0.15, -0.1) is 0 Å². The third-order valence-corrected chi connectivity index (χ3v) is 4.74. The quantitative estimate of drug-likeness (QED) is 0.868. The maximum Gasteiger partial charge on any atom is 0.262 e. The highest BCUT2D eigenvalue weighted by atomic mass is 35.5. The zero-order valence-electron chi connectivity index (χ0n) is 12.6. The predicted octanol–water partition coefficient (Wildman–Crippen LogP) is 3.70. The minimum Gasteiger partial charge on any atom is -0.387 e. The van der Waals surface area contributed by atoms with Gasteiger partial charge in [0.2, 0.25) is 5.67 Å². The molecule has 0 spiro atoms. The summed E-state index contributed by atoms with van der Waals surface area (Å²) in [4.78, 5) is 16.5. The first-order valence-electron chi connectivity index (χ1n) is 7.46. The van der Waals surface area contributed by atoms with Gasteiger partial charge in [0, 0.05) is 28.4 Å². The van der Waals surface area contributed by atoms with E-state index in [2.05, 4.69) is 10.3 Å². The average Bonchev–Trinajstić information content (AvgIpc) is 2.57. The van der Waals surface area contributed by atoms with Crippen molar-refractivity contribution in [3.8, 4) is 0 Å². The van der Waals surface area contributed by atoms with E-state index in [1.165, 1.54) is 12.3 Å². The highest BCUT2D eigenvalue weighted by Crippen LogP contribution is 2.42. The molecule has 0 aliphatic heterocycles. The van der Waals surface area contributed by atoms with Gasteiger partial charge in [0.1, 0.15) is 0 Å². The fourth-order valence-electron chi connectivity index (χ4n) is 2.84. The van der Waals surface area contributed by atoms with Crippen molar-refractivity contribution in [2.24, 2.45) is 0 Å². The van der Waals surface area contributed by atoms with E-state index in [-0.39, 0.29) is 30.6 Å². The third-order valence-electron chi connectivity index (χ3n) is 4.16. The molecule has 2 atom stereocenters. The number of carbonyl (C=O) groups excluding carboxylic acids is 1. The van der Waals surface area contributed by atoms with Crippen molar-refractivity contribution >= 4 is 29.1 Å². The molecule has 1 heterocycles. The number of halogens is 3. The molecule has 1 aliphatic carbocycles. The number of rotatable bonds is 3. The molecule has 7 heteroatoms. The van der Waals surface area contributed by atoms with E-state index in [9.17, 15) is 9.90 Å². The Morgan fingerprint density at radius 3 is 2.96 bits per heavy atom. The summed E-state index contributed by atoms with van der Waals surface area (Å²) in [7, 11) is 0. The van der Waals surface area contributed by atoms with Crippen molar-refractivity contribution in [3.05, 3.63) is 63.4 Å². The van der Waals surface area contributed by atoms with Crippen LogP contribution in [0, 0.1) is 0 Å². The molecule has 126 valence electrons. The van der Waals surface area contributed by atoms with Gasteiger partial charge in [-0.3, -0.25) is 9.78 Å². The van der Waals surface area contributed by atoms with Crippen molar-refractivity contribution in [3.63, 3.8) is 0 Å². The summed E-state index contributed by atoms with van der Waals surface area (Å²) in [6, 6.07) is 7.92. The molecule has 4 nitrogen and oxygen atoms in total. The number of amides is 1. The number of hydrogen-bond donors (Lipinski definition) is 2. The number of hydrogen-bond acceptors (Lipinski definition) is 3. The summed E-state index contributed by atoms with van der Waals surface area (Å²) in [5.74, 6) is -0.769. The summed E-state index contributed by atoms with van der Waals surface area (Å²) in [5.41, 5.74) is -1.25. The Hall–Kier alpha value is -1.69. The first-order valence-corrected chi connectivity index (χ1v) is 8.22. The number of nitrogens with one attached hydrogen (secondary N) is 1. The van der Waals surface area contributed by atoms with E-state index in [0.717, 1.165) is 0 Å². The van der Waals surface area contributed by atoms with Gasteiger partial charge in [0.05, 0.1) is 11.8 Å². The van der Waals surface area contributed by atoms with Crippen LogP contribution >= 0.6 is 23.2 Å². The van der Waals surface area contributed by atoms with Gasteiger partial charge in [-0.25, -0.2) is 4.39 Å². The molecule has 2 aromatic rings. The number of alkyl halides is 1. The molecular weight excluding hydrogens is 354 g/mol. The SMILES string of the molecule is O=C(NCc1ccc(Cl)cc1Cl)[C@]1(F)CC[C@H](O)c2ncccc21. The molecule has 1 amide bonds. The maximum absolute atomic E-state index is 15.4. The van der Waals surface area contributed by atoms with Crippen LogP contribution in [-0.4, -0.2) is 16.0 Å². The van der Waals surface area contributed by atoms with Gasteiger partial charge >= 0.3 is 0 Å². The second kappa shape index (κ2) is 6.67. The first-order chi connectivity index (χ1) is 11.4.